The third kappa shape index (κ3) is 3.30. The molecular weight excluding hydrogens is 276 g/mol. The largest absolute Gasteiger partial charge is 0.374 e. The second-order valence-electron chi connectivity index (χ2n) is 5.23. The normalized spacial score (nSPS) is 20.6. The van der Waals surface area contributed by atoms with Crippen molar-refractivity contribution in [2.75, 3.05) is 33.3 Å². The Morgan fingerprint density at radius 3 is 3.20 bits per heavy atom. The molecule has 0 bridgehead atoms. The van der Waals surface area contributed by atoms with E-state index in [2.05, 4.69) is 22.2 Å². The number of halogens is 1. The highest BCUT2D eigenvalue weighted by molar-refractivity contribution is 6.30. The van der Waals surface area contributed by atoms with Gasteiger partial charge in [-0.2, -0.15) is 0 Å². The van der Waals surface area contributed by atoms with Gasteiger partial charge in [0, 0.05) is 38.6 Å². The van der Waals surface area contributed by atoms with Crippen LogP contribution in [0.4, 0.5) is 0 Å². The fraction of sp³-hybridized carbons (Fsp3) is 0.500. The summed E-state index contributed by atoms with van der Waals surface area (Å²) in [5.41, 5.74) is 1.93. The van der Waals surface area contributed by atoms with Gasteiger partial charge in [0.1, 0.15) is 5.65 Å². The number of rotatable bonds is 4. The molecule has 0 amide bonds. The smallest absolute Gasteiger partial charge is 0.137 e. The minimum atomic E-state index is 0.264. The molecule has 1 N–H and O–H groups in total. The molecule has 1 saturated heterocycles. The molecule has 3 heterocycles. The van der Waals surface area contributed by atoms with E-state index >= 15 is 0 Å². The fourth-order valence-corrected chi connectivity index (χ4v) is 2.62. The van der Waals surface area contributed by atoms with E-state index < -0.39 is 0 Å². The Morgan fingerprint density at radius 2 is 2.35 bits per heavy atom. The maximum absolute atomic E-state index is 5.96. The molecule has 20 heavy (non-hydrogen) atoms. The van der Waals surface area contributed by atoms with Gasteiger partial charge in [-0.15, -0.1) is 0 Å². The zero-order valence-electron chi connectivity index (χ0n) is 11.6. The number of likely N-dealkylation sites (N-methyl/N-ethyl adjacent to an activating group) is 1. The predicted molar refractivity (Wildman–Crippen MR) is 79.1 cm³/mol. The number of pyridine rings is 1. The first-order valence-corrected chi connectivity index (χ1v) is 7.22. The lowest BCUT2D eigenvalue weighted by molar-refractivity contribution is -0.0182. The average molecular weight is 295 g/mol. The summed E-state index contributed by atoms with van der Waals surface area (Å²) in [4.78, 5) is 6.84. The predicted octanol–water partition coefficient (Wildman–Crippen LogP) is 1.41. The van der Waals surface area contributed by atoms with Crippen LogP contribution in [0.25, 0.3) is 5.65 Å². The lowest BCUT2D eigenvalue weighted by Gasteiger charge is -2.30. The van der Waals surface area contributed by atoms with Crippen molar-refractivity contribution in [2.24, 2.45) is 0 Å². The average Bonchev–Trinajstić information content (AvgIpc) is 2.80. The minimum absolute atomic E-state index is 0.264. The molecule has 0 aliphatic carbocycles. The maximum Gasteiger partial charge on any atom is 0.137 e. The lowest BCUT2D eigenvalue weighted by Crippen LogP contribution is -2.44. The molecule has 0 aromatic carbocycles. The van der Waals surface area contributed by atoms with Crippen molar-refractivity contribution >= 4 is 17.2 Å². The number of hydrogen-bond acceptors (Lipinski definition) is 4. The maximum atomic E-state index is 5.96. The van der Waals surface area contributed by atoms with Gasteiger partial charge in [0.25, 0.3) is 0 Å². The summed E-state index contributed by atoms with van der Waals surface area (Å²) >= 11 is 5.96. The first-order valence-electron chi connectivity index (χ1n) is 6.85. The summed E-state index contributed by atoms with van der Waals surface area (Å²) < 4.78 is 7.66. The van der Waals surface area contributed by atoms with Gasteiger partial charge in [0.2, 0.25) is 0 Å². The van der Waals surface area contributed by atoms with E-state index in [4.69, 9.17) is 16.3 Å². The Morgan fingerprint density at radius 1 is 1.45 bits per heavy atom. The molecule has 108 valence electrons. The van der Waals surface area contributed by atoms with Gasteiger partial charge in [-0.05, 0) is 19.2 Å². The van der Waals surface area contributed by atoms with Crippen molar-refractivity contribution in [1.29, 1.82) is 0 Å². The van der Waals surface area contributed by atoms with E-state index in [0.29, 0.717) is 5.02 Å². The van der Waals surface area contributed by atoms with Crippen LogP contribution in [0.3, 0.4) is 0 Å². The van der Waals surface area contributed by atoms with Crippen LogP contribution in [0.5, 0.6) is 0 Å². The number of hydrogen-bond donors (Lipinski definition) is 1. The molecular formula is C14H19ClN4O. The third-order valence-corrected chi connectivity index (χ3v) is 3.71. The summed E-state index contributed by atoms with van der Waals surface area (Å²) in [6, 6.07) is 3.78. The van der Waals surface area contributed by atoms with E-state index in [1.165, 1.54) is 0 Å². The quantitative estimate of drug-likeness (QED) is 0.926. The zero-order valence-corrected chi connectivity index (χ0v) is 12.3. The van der Waals surface area contributed by atoms with Crippen molar-refractivity contribution < 1.29 is 4.74 Å². The van der Waals surface area contributed by atoms with Gasteiger partial charge in [0.05, 0.1) is 23.4 Å². The van der Waals surface area contributed by atoms with E-state index in [1.54, 1.807) is 0 Å². The van der Waals surface area contributed by atoms with Crippen molar-refractivity contribution in [1.82, 2.24) is 19.6 Å². The van der Waals surface area contributed by atoms with Gasteiger partial charge in [-0.25, -0.2) is 4.98 Å². The highest BCUT2D eigenvalue weighted by Gasteiger charge is 2.17. The number of imidazole rings is 1. The molecule has 2 aromatic rings. The van der Waals surface area contributed by atoms with Crippen LogP contribution in [0.1, 0.15) is 5.69 Å². The standard InChI is InChI=1S/C14H19ClN4O/c1-18-4-5-20-13(10-18)7-16-6-12-9-19-8-11(15)2-3-14(19)17-12/h2-3,8-9,13,16H,4-7,10H2,1H3/t13-/m0/s1. The Bertz CT molecular complexity index is 586. The monoisotopic (exact) mass is 294 g/mol. The summed E-state index contributed by atoms with van der Waals surface area (Å²) in [7, 11) is 2.13. The SMILES string of the molecule is CN1CCO[C@@H](CNCc2cn3cc(Cl)ccc3n2)C1. The first-order chi connectivity index (χ1) is 9.70. The molecule has 1 aliphatic rings. The van der Waals surface area contributed by atoms with Crippen LogP contribution in [-0.4, -0.2) is 53.7 Å². The molecule has 1 fully saturated rings. The summed E-state index contributed by atoms with van der Waals surface area (Å²) in [5, 5.41) is 4.12. The molecule has 6 heteroatoms. The second-order valence-corrected chi connectivity index (χ2v) is 5.67. The van der Waals surface area contributed by atoms with E-state index in [-0.39, 0.29) is 6.10 Å². The first kappa shape index (κ1) is 13.8. The van der Waals surface area contributed by atoms with Crippen LogP contribution in [-0.2, 0) is 11.3 Å². The van der Waals surface area contributed by atoms with Crippen LogP contribution in [0, 0.1) is 0 Å². The van der Waals surface area contributed by atoms with Crippen molar-refractivity contribution in [3.63, 3.8) is 0 Å². The number of aromatic nitrogens is 2. The number of ether oxygens (including phenoxy) is 1. The fourth-order valence-electron chi connectivity index (χ4n) is 2.45. The molecule has 5 nitrogen and oxygen atoms in total. The van der Waals surface area contributed by atoms with Crippen LogP contribution < -0.4 is 5.32 Å². The van der Waals surface area contributed by atoms with Gasteiger partial charge in [-0.3, -0.25) is 0 Å². The second kappa shape index (κ2) is 6.10. The van der Waals surface area contributed by atoms with Gasteiger partial charge >= 0.3 is 0 Å². The molecule has 2 aromatic heterocycles. The lowest BCUT2D eigenvalue weighted by atomic mass is 10.3. The third-order valence-electron chi connectivity index (χ3n) is 3.48. The van der Waals surface area contributed by atoms with Crippen LogP contribution in [0.15, 0.2) is 24.5 Å². The van der Waals surface area contributed by atoms with Gasteiger partial charge in [0.15, 0.2) is 0 Å². The summed E-state index contributed by atoms with van der Waals surface area (Å²) in [6.07, 6.45) is 4.13. The summed E-state index contributed by atoms with van der Waals surface area (Å²) in [5.74, 6) is 0. The number of nitrogens with zero attached hydrogens (tertiary/aromatic N) is 3. The van der Waals surface area contributed by atoms with Gasteiger partial charge < -0.3 is 19.4 Å². The Hall–Kier alpha value is -1.14. The zero-order chi connectivity index (χ0) is 13.9. The Kier molecular flexibility index (Phi) is 4.21. The molecule has 0 spiro atoms. The Balaban J connectivity index is 1.54. The highest BCUT2D eigenvalue weighted by Crippen LogP contribution is 2.11. The van der Waals surface area contributed by atoms with E-state index in [9.17, 15) is 0 Å². The molecule has 3 rings (SSSR count). The van der Waals surface area contributed by atoms with Crippen LogP contribution >= 0.6 is 11.6 Å². The minimum Gasteiger partial charge on any atom is -0.374 e. The highest BCUT2D eigenvalue weighted by atomic mass is 35.5. The molecule has 0 unspecified atom stereocenters. The van der Waals surface area contributed by atoms with Crippen molar-refractivity contribution in [2.45, 2.75) is 12.6 Å². The summed E-state index contributed by atoms with van der Waals surface area (Å²) in [6.45, 7) is 4.40. The molecule has 1 aliphatic heterocycles. The number of nitrogens with one attached hydrogen (secondary N) is 1. The number of morpholine rings is 1. The van der Waals surface area contributed by atoms with E-state index in [0.717, 1.165) is 44.1 Å². The van der Waals surface area contributed by atoms with Crippen LogP contribution in [0.2, 0.25) is 5.02 Å². The Labute approximate surface area is 123 Å². The van der Waals surface area contributed by atoms with Crippen molar-refractivity contribution in [3.8, 4) is 0 Å². The molecule has 0 saturated carbocycles. The topological polar surface area (TPSA) is 41.8 Å². The van der Waals surface area contributed by atoms with E-state index in [1.807, 2.05) is 28.9 Å². The molecule has 0 radical (unpaired) electrons. The number of fused-ring (bicyclic) bond motifs is 1. The molecule has 1 atom stereocenters. The van der Waals surface area contributed by atoms with Gasteiger partial charge in [-0.1, -0.05) is 11.6 Å². The van der Waals surface area contributed by atoms with Crippen molar-refractivity contribution in [3.05, 3.63) is 35.2 Å².